The first-order valence-electron chi connectivity index (χ1n) is 7.15. The fourth-order valence-electron chi connectivity index (χ4n) is 2.61. The molecule has 0 saturated heterocycles. The van der Waals surface area contributed by atoms with Gasteiger partial charge in [-0.1, -0.05) is 37.6 Å². The Labute approximate surface area is 123 Å². The van der Waals surface area contributed by atoms with Gasteiger partial charge in [-0.3, -0.25) is 10.8 Å². The van der Waals surface area contributed by atoms with Crippen LogP contribution < -0.4 is 11.3 Å². The van der Waals surface area contributed by atoms with E-state index in [4.69, 9.17) is 5.84 Å². The summed E-state index contributed by atoms with van der Waals surface area (Å²) >= 11 is 0. The second-order valence-electron chi connectivity index (χ2n) is 5.10. The Bertz CT molecular complexity index is 717. The van der Waals surface area contributed by atoms with E-state index < -0.39 is 0 Å². The lowest BCUT2D eigenvalue weighted by atomic mass is 9.98. The zero-order valence-corrected chi connectivity index (χ0v) is 12.0. The van der Waals surface area contributed by atoms with Crippen molar-refractivity contribution < 1.29 is 0 Å². The minimum atomic E-state index is -0.0950. The first-order valence-corrected chi connectivity index (χ1v) is 7.15. The van der Waals surface area contributed by atoms with Crippen molar-refractivity contribution in [1.29, 1.82) is 0 Å². The van der Waals surface area contributed by atoms with Crippen LogP contribution >= 0.6 is 0 Å². The second-order valence-corrected chi connectivity index (χ2v) is 5.10. The summed E-state index contributed by atoms with van der Waals surface area (Å²) in [6.45, 7) is 2.18. The molecule has 2 heterocycles. The van der Waals surface area contributed by atoms with E-state index in [9.17, 15) is 0 Å². The topological polar surface area (TPSA) is 68.2 Å². The number of rotatable bonds is 5. The number of hydrogen-bond donors (Lipinski definition) is 2. The Balaban J connectivity index is 1.97. The summed E-state index contributed by atoms with van der Waals surface area (Å²) in [5.74, 6) is 5.78. The molecule has 0 radical (unpaired) electrons. The molecule has 0 saturated carbocycles. The number of hydrogen-bond acceptors (Lipinski definition) is 4. The number of benzene rings is 1. The fourth-order valence-corrected chi connectivity index (χ4v) is 2.61. The molecule has 5 heteroatoms. The third kappa shape index (κ3) is 2.66. The van der Waals surface area contributed by atoms with Gasteiger partial charge >= 0.3 is 0 Å². The smallest absolute Gasteiger partial charge is 0.0896 e. The highest BCUT2D eigenvalue weighted by Gasteiger charge is 2.17. The number of aromatic nitrogens is 3. The molecule has 1 unspecified atom stereocenters. The van der Waals surface area contributed by atoms with E-state index >= 15 is 0 Å². The first-order chi connectivity index (χ1) is 10.3. The number of fused-ring (bicyclic) bond motifs is 1. The lowest BCUT2D eigenvalue weighted by Crippen LogP contribution is -2.28. The van der Waals surface area contributed by atoms with Crippen LogP contribution in [0.2, 0.25) is 0 Å². The molecule has 1 atom stereocenters. The number of hydrazine groups is 1. The van der Waals surface area contributed by atoms with Gasteiger partial charge < -0.3 is 0 Å². The van der Waals surface area contributed by atoms with Crippen LogP contribution in [0.5, 0.6) is 0 Å². The first kappa shape index (κ1) is 13.7. The normalized spacial score (nSPS) is 12.7. The van der Waals surface area contributed by atoms with Gasteiger partial charge in [0.15, 0.2) is 0 Å². The van der Waals surface area contributed by atoms with Gasteiger partial charge in [0.05, 0.1) is 24.0 Å². The van der Waals surface area contributed by atoms with Crippen LogP contribution in [0.1, 0.15) is 36.1 Å². The predicted octanol–water partition coefficient (Wildman–Crippen LogP) is 2.23. The fraction of sp³-hybridized carbons (Fsp3) is 0.250. The zero-order chi connectivity index (χ0) is 14.7. The van der Waals surface area contributed by atoms with Crippen molar-refractivity contribution in [2.24, 2.45) is 5.84 Å². The number of aryl methyl sites for hydroxylation is 1. The van der Waals surface area contributed by atoms with Gasteiger partial charge in [0.1, 0.15) is 0 Å². The Morgan fingerprint density at radius 2 is 2.05 bits per heavy atom. The van der Waals surface area contributed by atoms with E-state index in [1.165, 1.54) is 5.56 Å². The SMILES string of the molecule is CCCc1ccc(C(NN)c2cnn3ccncc23)cc1. The highest BCUT2D eigenvalue weighted by Crippen LogP contribution is 2.25. The van der Waals surface area contributed by atoms with Gasteiger partial charge in [-0.25, -0.2) is 9.94 Å². The Kier molecular flexibility index (Phi) is 3.94. The Hall–Kier alpha value is -2.24. The van der Waals surface area contributed by atoms with Gasteiger partial charge in [0, 0.05) is 18.0 Å². The van der Waals surface area contributed by atoms with Crippen molar-refractivity contribution in [2.75, 3.05) is 0 Å². The summed E-state index contributed by atoms with van der Waals surface area (Å²) < 4.78 is 1.80. The molecule has 21 heavy (non-hydrogen) atoms. The van der Waals surface area contributed by atoms with Crippen molar-refractivity contribution in [2.45, 2.75) is 25.8 Å². The van der Waals surface area contributed by atoms with Crippen LogP contribution in [0.3, 0.4) is 0 Å². The lowest BCUT2D eigenvalue weighted by Gasteiger charge is -2.16. The van der Waals surface area contributed by atoms with Crippen LogP contribution in [-0.4, -0.2) is 14.6 Å². The minimum Gasteiger partial charge on any atom is -0.271 e. The molecular formula is C16H19N5. The van der Waals surface area contributed by atoms with Crippen molar-refractivity contribution in [1.82, 2.24) is 20.0 Å². The molecule has 5 nitrogen and oxygen atoms in total. The molecule has 108 valence electrons. The van der Waals surface area contributed by atoms with Crippen LogP contribution in [0.4, 0.5) is 0 Å². The summed E-state index contributed by atoms with van der Waals surface area (Å²) in [6, 6.07) is 8.47. The second kappa shape index (κ2) is 6.03. The Morgan fingerprint density at radius 3 is 2.76 bits per heavy atom. The average molecular weight is 281 g/mol. The van der Waals surface area contributed by atoms with Crippen LogP contribution in [0.25, 0.3) is 5.52 Å². The van der Waals surface area contributed by atoms with Crippen LogP contribution in [0.15, 0.2) is 49.1 Å². The standard InChI is InChI=1S/C16H19N5/c1-2-3-12-4-6-13(7-5-12)16(20-17)14-10-19-21-9-8-18-11-15(14)21/h4-11,16,20H,2-3,17H2,1H3. The molecule has 3 N–H and O–H groups in total. The minimum absolute atomic E-state index is 0.0950. The van der Waals surface area contributed by atoms with Crippen molar-refractivity contribution in [3.63, 3.8) is 0 Å². The van der Waals surface area contributed by atoms with E-state index in [1.54, 1.807) is 16.9 Å². The van der Waals surface area contributed by atoms with Crippen molar-refractivity contribution in [3.8, 4) is 0 Å². The van der Waals surface area contributed by atoms with E-state index in [0.717, 1.165) is 29.5 Å². The predicted molar refractivity (Wildman–Crippen MR) is 82.6 cm³/mol. The van der Waals surface area contributed by atoms with Gasteiger partial charge in [0.25, 0.3) is 0 Å². The number of nitrogens with zero attached hydrogens (tertiary/aromatic N) is 3. The summed E-state index contributed by atoms with van der Waals surface area (Å²) in [5, 5.41) is 4.34. The summed E-state index contributed by atoms with van der Waals surface area (Å²) in [5.41, 5.74) is 7.33. The van der Waals surface area contributed by atoms with Gasteiger partial charge in [-0.15, -0.1) is 0 Å². The summed E-state index contributed by atoms with van der Waals surface area (Å²) in [7, 11) is 0. The number of nitrogens with one attached hydrogen (secondary N) is 1. The van der Waals surface area contributed by atoms with Gasteiger partial charge in [-0.2, -0.15) is 5.10 Å². The maximum Gasteiger partial charge on any atom is 0.0896 e. The van der Waals surface area contributed by atoms with E-state index in [2.05, 4.69) is 46.7 Å². The largest absolute Gasteiger partial charge is 0.271 e. The molecule has 0 spiro atoms. The molecule has 1 aromatic carbocycles. The molecule has 3 aromatic rings. The monoisotopic (exact) mass is 281 g/mol. The summed E-state index contributed by atoms with van der Waals surface area (Å²) in [6.07, 6.45) is 9.43. The molecule has 2 aromatic heterocycles. The van der Waals surface area contributed by atoms with Crippen molar-refractivity contribution >= 4 is 5.52 Å². The lowest BCUT2D eigenvalue weighted by molar-refractivity contribution is 0.640. The Morgan fingerprint density at radius 1 is 1.24 bits per heavy atom. The molecule has 3 rings (SSSR count). The summed E-state index contributed by atoms with van der Waals surface area (Å²) in [4.78, 5) is 4.17. The molecule has 0 bridgehead atoms. The third-order valence-electron chi connectivity index (χ3n) is 3.68. The van der Waals surface area contributed by atoms with Gasteiger partial charge in [0.2, 0.25) is 0 Å². The van der Waals surface area contributed by atoms with Crippen LogP contribution in [-0.2, 0) is 6.42 Å². The zero-order valence-electron chi connectivity index (χ0n) is 12.0. The highest BCUT2D eigenvalue weighted by molar-refractivity contribution is 5.55. The molecule has 0 aliphatic heterocycles. The maximum atomic E-state index is 5.78. The van der Waals surface area contributed by atoms with E-state index in [1.807, 2.05) is 12.4 Å². The molecule has 0 aliphatic carbocycles. The highest BCUT2D eigenvalue weighted by atomic mass is 15.3. The van der Waals surface area contributed by atoms with Crippen LogP contribution in [0, 0.1) is 0 Å². The molecule has 0 aliphatic rings. The van der Waals surface area contributed by atoms with Gasteiger partial charge in [-0.05, 0) is 17.5 Å². The maximum absolute atomic E-state index is 5.78. The van der Waals surface area contributed by atoms with E-state index in [-0.39, 0.29) is 6.04 Å². The third-order valence-corrected chi connectivity index (χ3v) is 3.68. The molecule has 0 amide bonds. The quantitative estimate of drug-likeness (QED) is 0.556. The molecule has 0 fully saturated rings. The van der Waals surface area contributed by atoms with Crippen molar-refractivity contribution in [3.05, 3.63) is 65.7 Å². The van der Waals surface area contributed by atoms with E-state index in [0.29, 0.717) is 0 Å². The molecular weight excluding hydrogens is 262 g/mol. The average Bonchev–Trinajstić information content (AvgIpc) is 2.94. The number of nitrogens with two attached hydrogens (primary N) is 1.